The molecular weight excluding hydrogens is 418 g/mol. The summed E-state index contributed by atoms with van der Waals surface area (Å²) < 4.78 is 0. The highest BCUT2D eigenvalue weighted by atomic mass is 32.2. The number of carbonyl (C=O) groups excluding carboxylic acids is 3. The van der Waals surface area contributed by atoms with Crippen LogP contribution in [0.1, 0.15) is 66.2 Å². The van der Waals surface area contributed by atoms with Crippen LogP contribution in [0.5, 0.6) is 0 Å². The molecule has 0 aromatic carbocycles. The number of carboxylic acid groups (broad SMARTS) is 1. The van der Waals surface area contributed by atoms with Gasteiger partial charge in [-0.15, -0.1) is 0 Å². The molecule has 178 valence electrons. The summed E-state index contributed by atoms with van der Waals surface area (Å²) in [5.74, 6) is -1.49. The van der Waals surface area contributed by atoms with Crippen molar-refractivity contribution in [3.63, 3.8) is 0 Å². The number of ketones is 1. The van der Waals surface area contributed by atoms with Crippen molar-refractivity contribution < 1.29 is 24.3 Å². The van der Waals surface area contributed by atoms with Crippen molar-refractivity contribution in [2.45, 2.75) is 78.3 Å². The molecule has 0 unspecified atom stereocenters. The summed E-state index contributed by atoms with van der Waals surface area (Å²) in [4.78, 5) is 50.2. The van der Waals surface area contributed by atoms with Crippen LogP contribution in [0, 0.1) is 17.8 Å². The Balaban J connectivity index is 2.96. The van der Waals surface area contributed by atoms with E-state index in [9.17, 15) is 24.3 Å². The summed E-state index contributed by atoms with van der Waals surface area (Å²) in [7, 11) is 0. The van der Waals surface area contributed by atoms with Crippen LogP contribution in [-0.2, 0) is 19.2 Å². The molecule has 3 N–H and O–H groups in total. The SMILES string of the molecule is CSCCC(=O)[C@H](NC(=O)[C@H]1CCCNN1C(=O)[C@@H](CCC(C)C)CC(=O)O)C(C)C. The molecule has 31 heavy (non-hydrogen) atoms. The number of aliphatic carboxylic acids is 1. The molecule has 3 atom stereocenters. The maximum Gasteiger partial charge on any atom is 0.304 e. The molecule has 0 aromatic heterocycles. The third kappa shape index (κ3) is 9.19. The van der Waals surface area contributed by atoms with Gasteiger partial charge in [-0.25, -0.2) is 5.43 Å². The van der Waals surface area contributed by atoms with Gasteiger partial charge in [-0.05, 0) is 43.1 Å². The molecule has 9 heteroatoms. The lowest BCUT2D eigenvalue weighted by atomic mass is 9.93. The van der Waals surface area contributed by atoms with E-state index in [4.69, 9.17) is 0 Å². The number of amides is 2. The van der Waals surface area contributed by atoms with Gasteiger partial charge in [0, 0.05) is 18.9 Å². The largest absolute Gasteiger partial charge is 0.481 e. The minimum absolute atomic E-state index is 0.0139. The van der Waals surface area contributed by atoms with E-state index in [1.807, 2.05) is 34.0 Å². The van der Waals surface area contributed by atoms with Gasteiger partial charge in [0.05, 0.1) is 12.5 Å². The standard InChI is InChI=1S/C22H39N3O5S/c1-14(2)8-9-16(13-19(27)28)22(30)25-17(7-6-11-23-25)21(29)24-20(15(3)4)18(26)10-12-31-5/h14-17,20,23H,6-13H2,1-5H3,(H,24,29)(H,27,28)/t16-,17+,20+/m0/s1. The molecule has 1 rings (SSSR count). The molecule has 1 fully saturated rings. The Bertz CT molecular complexity index is 626. The molecule has 0 saturated carbocycles. The van der Waals surface area contributed by atoms with Crippen molar-refractivity contribution in [2.24, 2.45) is 17.8 Å². The number of carboxylic acids is 1. The Morgan fingerprint density at radius 3 is 2.39 bits per heavy atom. The molecule has 1 aliphatic heterocycles. The van der Waals surface area contributed by atoms with Crippen LogP contribution in [0.15, 0.2) is 0 Å². The highest BCUT2D eigenvalue weighted by Gasteiger charge is 2.38. The Kier molecular flexibility index (Phi) is 12.1. The zero-order chi connectivity index (χ0) is 23.6. The number of carbonyl (C=O) groups is 4. The summed E-state index contributed by atoms with van der Waals surface area (Å²) in [6, 6.07) is -1.36. The predicted molar refractivity (Wildman–Crippen MR) is 122 cm³/mol. The van der Waals surface area contributed by atoms with Crippen LogP contribution in [0.25, 0.3) is 0 Å². The summed E-state index contributed by atoms with van der Waals surface area (Å²) in [6.45, 7) is 8.37. The minimum atomic E-state index is -1.03. The van der Waals surface area contributed by atoms with Gasteiger partial charge in [-0.2, -0.15) is 11.8 Å². The number of nitrogens with one attached hydrogen (secondary N) is 2. The first kappa shape index (κ1) is 27.4. The van der Waals surface area contributed by atoms with Crippen molar-refractivity contribution in [3.05, 3.63) is 0 Å². The molecule has 1 heterocycles. The molecule has 0 radical (unpaired) electrons. The lowest BCUT2D eigenvalue weighted by Crippen LogP contribution is -2.61. The second-order valence-corrected chi connectivity index (χ2v) is 9.97. The smallest absolute Gasteiger partial charge is 0.304 e. The van der Waals surface area contributed by atoms with Gasteiger partial charge in [0.2, 0.25) is 11.8 Å². The van der Waals surface area contributed by atoms with Gasteiger partial charge in [0.1, 0.15) is 6.04 Å². The lowest BCUT2D eigenvalue weighted by molar-refractivity contribution is -0.153. The topological polar surface area (TPSA) is 116 Å². The van der Waals surface area contributed by atoms with Crippen LogP contribution in [0.3, 0.4) is 0 Å². The fraction of sp³-hybridized carbons (Fsp3) is 0.818. The molecule has 0 spiro atoms. The van der Waals surface area contributed by atoms with Crippen LogP contribution in [0.4, 0.5) is 0 Å². The van der Waals surface area contributed by atoms with Crippen molar-refractivity contribution in [1.29, 1.82) is 0 Å². The van der Waals surface area contributed by atoms with Crippen LogP contribution in [-0.4, -0.2) is 64.3 Å². The van der Waals surface area contributed by atoms with Crippen molar-refractivity contribution in [2.75, 3.05) is 18.6 Å². The van der Waals surface area contributed by atoms with Crippen LogP contribution >= 0.6 is 11.8 Å². The van der Waals surface area contributed by atoms with Crippen molar-refractivity contribution in [3.8, 4) is 0 Å². The Morgan fingerprint density at radius 1 is 1.16 bits per heavy atom. The van der Waals surface area contributed by atoms with Gasteiger partial charge < -0.3 is 10.4 Å². The van der Waals surface area contributed by atoms with Gasteiger partial charge in [-0.1, -0.05) is 34.1 Å². The molecule has 1 aliphatic rings. The van der Waals surface area contributed by atoms with Crippen molar-refractivity contribution in [1.82, 2.24) is 15.8 Å². The highest BCUT2D eigenvalue weighted by Crippen LogP contribution is 2.22. The second-order valence-electron chi connectivity index (χ2n) is 8.98. The predicted octanol–water partition coefficient (Wildman–Crippen LogP) is 2.47. The lowest BCUT2D eigenvalue weighted by Gasteiger charge is -2.38. The number of hydrogen-bond donors (Lipinski definition) is 3. The number of hydrazine groups is 1. The van der Waals surface area contributed by atoms with E-state index in [0.29, 0.717) is 43.9 Å². The number of hydrogen-bond acceptors (Lipinski definition) is 6. The fourth-order valence-corrected chi connectivity index (χ4v) is 4.10. The molecule has 0 aromatic rings. The average Bonchev–Trinajstić information content (AvgIpc) is 2.71. The van der Waals surface area contributed by atoms with Crippen LogP contribution < -0.4 is 10.7 Å². The highest BCUT2D eigenvalue weighted by molar-refractivity contribution is 7.98. The van der Waals surface area contributed by atoms with E-state index in [0.717, 1.165) is 6.42 Å². The molecule has 0 bridgehead atoms. The first-order chi connectivity index (χ1) is 14.6. The first-order valence-corrected chi connectivity index (χ1v) is 12.6. The number of thioether (sulfide) groups is 1. The number of nitrogens with zero attached hydrogens (tertiary/aromatic N) is 1. The first-order valence-electron chi connectivity index (χ1n) is 11.2. The van der Waals surface area contributed by atoms with Gasteiger partial charge >= 0.3 is 5.97 Å². The number of rotatable bonds is 13. The molecule has 8 nitrogen and oxygen atoms in total. The van der Waals surface area contributed by atoms with E-state index in [1.54, 1.807) is 11.8 Å². The van der Waals surface area contributed by atoms with E-state index < -0.39 is 24.0 Å². The van der Waals surface area contributed by atoms with Gasteiger partial charge in [0.25, 0.3) is 0 Å². The van der Waals surface area contributed by atoms with E-state index >= 15 is 0 Å². The second kappa shape index (κ2) is 13.7. The average molecular weight is 458 g/mol. The van der Waals surface area contributed by atoms with E-state index in [2.05, 4.69) is 10.7 Å². The van der Waals surface area contributed by atoms with Gasteiger partial charge in [0.15, 0.2) is 5.78 Å². The summed E-state index contributed by atoms with van der Waals surface area (Å²) in [6.07, 6.45) is 4.42. The third-order valence-electron chi connectivity index (χ3n) is 5.51. The van der Waals surface area contributed by atoms with Crippen molar-refractivity contribution >= 4 is 35.3 Å². The minimum Gasteiger partial charge on any atom is -0.481 e. The van der Waals surface area contributed by atoms with E-state index in [-0.39, 0.29) is 29.9 Å². The Labute approximate surface area is 190 Å². The monoisotopic (exact) mass is 457 g/mol. The van der Waals surface area contributed by atoms with Gasteiger partial charge in [-0.3, -0.25) is 24.2 Å². The Hall–Kier alpha value is -1.61. The molecule has 1 saturated heterocycles. The summed E-state index contributed by atoms with van der Waals surface area (Å²) in [5, 5.41) is 13.5. The number of Topliss-reactive ketones (excluding diaryl/α,β-unsaturated/α-hetero) is 1. The molecular formula is C22H39N3O5S. The van der Waals surface area contributed by atoms with E-state index in [1.165, 1.54) is 5.01 Å². The maximum absolute atomic E-state index is 13.2. The fourth-order valence-electron chi connectivity index (χ4n) is 3.70. The third-order valence-corrected chi connectivity index (χ3v) is 6.13. The Morgan fingerprint density at radius 2 is 1.84 bits per heavy atom. The molecule has 0 aliphatic carbocycles. The summed E-state index contributed by atoms with van der Waals surface area (Å²) in [5.41, 5.74) is 3.00. The zero-order valence-electron chi connectivity index (χ0n) is 19.5. The zero-order valence-corrected chi connectivity index (χ0v) is 20.3. The summed E-state index contributed by atoms with van der Waals surface area (Å²) >= 11 is 1.58. The molecule has 2 amide bonds. The quantitative estimate of drug-likeness (QED) is 0.389. The normalized spacial score (nSPS) is 18.7. The van der Waals surface area contributed by atoms with Crippen LogP contribution in [0.2, 0.25) is 0 Å². The maximum atomic E-state index is 13.2.